The van der Waals surface area contributed by atoms with Crippen molar-refractivity contribution in [3.8, 4) is 5.75 Å². The number of hydrogen-bond acceptors (Lipinski definition) is 7. The van der Waals surface area contributed by atoms with Crippen LogP contribution in [0.15, 0.2) is 65.6 Å². The van der Waals surface area contributed by atoms with Crippen LogP contribution in [0.5, 0.6) is 5.75 Å². The Kier molecular flexibility index (Phi) is 9.01. The zero-order valence-electron chi connectivity index (χ0n) is 24.8. The number of halogens is 1. The van der Waals surface area contributed by atoms with Gasteiger partial charge >= 0.3 is 0 Å². The summed E-state index contributed by atoms with van der Waals surface area (Å²) in [5.41, 5.74) is 4.42. The molecule has 1 spiro atoms. The molecule has 230 valence electrons. The lowest BCUT2D eigenvalue weighted by Gasteiger charge is -2.49. The summed E-state index contributed by atoms with van der Waals surface area (Å²) < 4.78 is 53.6. The van der Waals surface area contributed by atoms with Gasteiger partial charge < -0.3 is 23.8 Å². The van der Waals surface area contributed by atoms with Crippen molar-refractivity contribution in [3.05, 3.63) is 87.9 Å². The average molecular weight is 627 g/mol. The molecule has 3 aliphatic heterocycles. The summed E-state index contributed by atoms with van der Waals surface area (Å²) >= 11 is 6.37. The third-order valence-corrected chi connectivity index (χ3v) is 10.9. The first kappa shape index (κ1) is 30.4. The molecule has 3 aliphatic rings. The highest BCUT2D eigenvalue weighted by atomic mass is 35.5. The van der Waals surface area contributed by atoms with Gasteiger partial charge in [0, 0.05) is 38.4 Å². The molecular weight excluding hydrogens is 588 g/mol. The highest BCUT2D eigenvalue weighted by Gasteiger charge is 2.51. The first-order valence-electron chi connectivity index (χ1n) is 14.9. The van der Waals surface area contributed by atoms with E-state index >= 15 is 0 Å². The number of piperidine rings is 1. The Balaban J connectivity index is 1.29. The normalized spacial score (nSPS) is 22.2. The maximum Gasteiger partial charge on any atom is 0.243 e. The summed E-state index contributed by atoms with van der Waals surface area (Å²) in [7, 11) is -2.00. The Labute approximate surface area is 259 Å². The van der Waals surface area contributed by atoms with Crippen LogP contribution in [-0.2, 0) is 42.9 Å². The van der Waals surface area contributed by atoms with Crippen molar-refractivity contribution in [2.75, 3.05) is 58.0 Å². The van der Waals surface area contributed by atoms with Crippen LogP contribution >= 0.6 is 11.6 Å². The fourth-order valence-electron chi connectivity index (χ4n) is 6.45. The molecule has 3 heterocycles. The third-order valence-electron chi connectivity index (χ3n) is 8.75. The van der Waals surface area contributed by atoms with Gasteiger partial charge in [0.1, 0.15) is 24.1 Å². The van der Waals surface area contributed by atoms with Crippen molar-refractivity contribution in [3.63, 3.8) is 0 Å². The van der Waals surface area contributed by atoms with Crippen molar-refractivity contribution < 1.29 is 27.4 Å². The number of methoxy groups -OCH3 is 1. The molecule has 8 nitrogen and oxygen atoms in total. The summed E-state index contributed by atoms with van der Waals surface area (Å²) in [6.45, 7) is 6.30. The van der Waals surface area contributed by atoms with Crippen LogP contribution in [0.1, 0.15) is 35.1 Å². The molecule has 0 amide bonds. The highest BCUT2D eigenvalue weighted by Crippen LogP contribution is 2.45. The van der Waals surface area contributed by atoms with E-state index in [2.05, 4.69) is 11.0 Å². The average Bonchev–Trinajstić information content (AvgIpc) is 3.01. The largest absolute Gasteiger partial charge is 0.490 e. The molecule has 0 aromatic heterocycles. The Hall–Kier alpha value is -2.66. The van der Waals surface area contributed by atoms with Crippen LogP contribution in [-0.4, -0.2) is 71.9 Å². The lowest BCUT2D eigenvalue weighted by Crippen LogP contribution is -2.58. The molecular formula is C33H39ClN2O6S. The third kappa shape index (κ3) is 6.16. The van der Waals surface area contributed by atoms with Crippen molar-refractivity contribution in [2.45, 2.75) is 49.4 Å². The van der Waals surface area contributed by atoms with E-state index < -0.39 is 21.7 Å². The maximum absolute atomic E-state index is 13.8. The number of rotatable bonds is 9. The van der Waals surface area contributed by atoms with Gasteiger partial charge in [-0.25, -0.2) is 8.42 Å². The zero-order chi connectivity index (χ0) is 30.0. The molecule has 1 fully saturated rings. The number of nitrogens with zero attached hydrogens (tertiary/aromatic N) is 2. The van der Waals surface area contributed by atoms with Crippen LogP contribution in [0.25, 0.3) is 0 Å². The standard InChI is InChI=1S/C33H39ClN2O6S/c1-24-4-8-28(9-5-24)43(37,38)36-15-13-33(29-10-7-27(34)21-26(29)12-18-42-33)32(22-36)41-23-25-6-11-31-30(20-25)35(16-19-40-31)14-3-17-39-2/h4-11,20-21,32H,3,12-19,22-23H2,1-2H3/t32-,33-/m0/s1. The topological polar surface area (TPSA) is 77.5 Å². The molecule has 0 N–H and O–H groups in total. The maximum atomic E-state index is 13.8. The van der Waals surface area contributed by atoms with E-state index in [1.807, 2.05) is 49.4 Å². The second kappa shape index (κ2) is 12.8. The quantitative estimate of drug-likeness (QED) is 0.297. The Morgan fingerprint density at radius 1 is 1.05 bits per heavy atom. The lowest BCUT2D eigenvalue weighted by molar-refractivity contribution is -0.185. The summed E-state index contributed by atoms with van der Waals surface area (Å²) in [5.74, 6) is 0.860. The van der Waals surface area contributed by atoms with Crippen LogP contribution in [0, 0.1) is 6.92 Å². The minimum Gasteiger partial charge on any atom is -0.490 e. The van der Waals surface area contributed by atoms with Gasteiger partial charge in [0.05, 0.1) is 30.3 Å². The summed E-state index contributed by atoms with van der Waals surface area (Å²) in [4.78, 5) is 2.61. The lowest BCUT2D eigenvalue weighted by atomic mass is 9.78. The first-order chi connectivity index (χ1) is 20.8. The van der Waals surface area contributed by atoms with Crippen LogP contribution in [0.2, 0.25) is 5.02 Å². The van der Waals surface area contributed by atoms with Crippen LogP contribution < -0.4 is 9.64 Å². The number of benzene rings is 3. The number of anilines is 1. The van der Waals surface area contributed by atoms with Gasteiger partial charge in [-0.15, -0.1) is 0 Å². The van der Waals surface area contributed by atoms with Gasteiger partial charge in [-0.2, -0.15) is 4.31 Å². The fraction of sp³-hybridized carbons (Fsp3) is 0.455. The number of fused-ring (bicyclic) bond motifs is 3. The molecule has 0 unspecified atom stereocenters. The van der Waals surface area contributed by atoms with Gasteiger partial charge in [-0.3, -0.25) is 0 Å². The minimum atomic E-state index is -3.72. The predicted octanol–water partition coefficient (Wildman–Crippen LogP) is 5.33. The van der Waals surface area contributed by atoms with E-state index in [9.17, 15) is 8.42 Å². The van der Waals surface area contributed by atoms with E-state index in [0.29, 0.717) is 44.4 Å². The zero-order valence-corrected chi connectivity index (χ0v) is 26.3. The Bertz CT molecular complexity index is 1550. The van der Waals surface area contributed by atoms with Crippen LogP contribution in [0.4, 0.5) is 5.69 Å². The Morgan fingerprint density at radius 3 is 2.70 bits per heavy atom. The SMILES string of the molecule is COCCCN1CCOc2ccc(CO[C@H]3CN(S(=O)(=O)c4ccc(C)cc4)CC[C@@]34OCCc3cc(Cl)ccc34)cc21. The summed E-state index contributed by atoms with van der Waals surface area (Å²) in [5, 5.41) is 0.680. The van der Waals surface area contributed by atoms with Crippen molar-refractivity contribution >= 4 is 27.3 Å². The van der Waals surface area contributed by atoms with E-state index in [1.165, 1.54) is 0 Å². The molecule has 0 radical (unpaired) electrons. The van der Waals surface area contributed by atoms with Gasteiger partial charge in [-0.1, -0.05) is 41.4 Å². The second-order valence-electron chi connectivity index (χ2n) is 11.5. The number of sulfonamides is 1. The monoisotopic (exact) mass is 626 g/mol. The van der Waals surface area contributed by atoms with Gasteiger partial charge in [0.25, 0.3) is 0 Å². The van der Waals surface area contributed by atoms with Crippen molar-refractivity contribution in [1.29, 1.82) is 0 Å². The summed E-state index contributed by atoms with van der Waals surface area (Å²) in [6, 6.07) is 19.0. The molecule has 10 heteroatoms. The van der Waals surface area contributed by atoms with Gasteiger partial charge in [0.2, 0.25) is 10.0 Å². The number of aryl methyl sites for hydroxylation is 1. The molecule has 3 aromatic rings. The van der Waals surface area contributed by atoms with Crippen molar-refractivity contribution in [1.82, 2.24) is 4.31 Å². The number of ether oxygens (including phenoxy) is 4. The van der Waals surface area contributed by atoms with E-state index in [0.717, 1.165) is 59.6 Å². The van der Waals surface area contributed by atoms with Gasteiger partial charge in [0.15, 0.2) is 0 Å². The molecule has 3 aromatic carbocycles. The predicted molar refractivity (Wildman–Crippen MR) is 167 cm³/mol. The Morgan fingerprint density at radius 2 is 1.88 bits per heavy atom. The molecule has 6 rings (SSSR count). The second-order valence-corrected chi connectivity index (χ2v) is 13.9. The van der Waals surface area contributed by atoms with Crippen molar-refractivity contribution in [2.24, 2.45) is 0 Å². The van der Waals surface area contributed by atoms with Gasteiger partial charge in [-0.05, 0) is 79.3 Å². The van der Waals surface area contributed by atoms with E-state index in [-0.39, 0.29) is 11.4 Å². The fourth-order valence-corrected chi connectivity index (χ4v) is 8.09. The minimum absolute atomic E-state index is 0.176. The molecule has 43 heavy (non-hydrogen) atoms. The van der Waals surface area contributed by atoms with Crippen LogP contribution in [0.3, 0.4) is 0 Å². The smallest absolute Gasteiger partial charge is 0.243 e. The molecule has 2 atom stereocenters. The summed E-state index contributed by atoms with van der Waals surface area (Å²) in [6.07, 6.45) is 1.61. The molecule has 0 saturated carbocycles. The first-order valence-corrected chi connectivity index (χ1v) is 16.7. The molecule has 0 bridgehead atoms. The highest BCUT2D eigenvalue weighted by molar-refractivity contribution is 7.89. The number of hydrogen-bond donors (Lipinski definition) is 0. The van der Waals surface area contributed by atoms with E-state index in [1.54, 1.807) is 23.5 Å². The van der Waals surface area contributed by atoms with E-state index in [4.69, 9.17) is 30.5 Å². The molecule has 1 saturated heterocycles. The molecule has 0 aliphatic carbocycles.